The Morgan fingerprint density at radius 2 is 1.65 bits per heavy atom. The van der Waals surface area contributed by atoms with Crippen LogP contribution in [0.1, 0.15) is 136 Å². The van der Waals surface area contributed by atoms with Crippen LogP contribution < -0.4 is 5.56 Å². The van der Waals surface area contributed by atoms with Gasteiger partial charge in [0.1, 0.15) is 12.0 Å². The molecule has 10 unspecified atom stereocenters. The summed E-state index contributed by atoms with van der Waals surface area (Å²) in [6, 6.07) is 11.6. The van der Waals surface area contributed by atoms with Crippen LogP contribution in [0.2, 0.25) is 0 Å². The van der Waals surface area contributed by atoms with Crippen molar-refractivity contribution >= 4 is 22.8 Å². The third-order valence-electron chi connectivity index (χ3n) is 18.5. The number of allylic oxidation sites excluding steroid dienone is 2. The Morgan fingerprint density at radius 1 is 0.917 bits per heavy atom. The van der Waals surface area contributed by atoms with E-state index in [1.165, 1.54) is 5.57 Å². The molecule has 2 aromatic heterocycles. The Bertz CT molecular complexity index is 2420. The van der Waals surface area contributed by atoms with E-state index in [1.54, 1.807) is 17.6 Å². The second-order valence-electron chi connectivity index (χ2n) is 21.9. The fourth-order valence-electron chi connectivity index (χ4n) is 14.6. The number of cyclic esters (lactones) is 1. The van der Waals surface area contributed by atoms with E-state index in [1.807, 2.05) is 30.3 Å². The molecular weight excluding hydrogens is 757 g/mol. The first-order valence-electron chi connectivity index (χ1n) is 22.4. The standard InChI is InChI=1S/C30H48O4.C20H16N2O4/c1-25(2)14-15-30(24(33)34)19(16-25)18-8-9-21-27(5)12-11-22(31)26(3,4)20(27)10-13-28(21,6)29(18,7)17-23(30)32;1-2-20(25)14-8-16-17-12(7-11-5-3-4-6-15(11)21-17)9-22(16)18(23)13(14)10-26-19(20)24/h8,19-23,31-32H,9-17H2,1-7H3,(H,33,34);3-8,25H,2,9-10H2,1H3. The highest BCUT2D eigenvalue weighted by atomic mass is 16.6. The van der Waals surface area contributed by atoms with Crippen LogP contribution in [0.5, 0.6) is 0 Å². The first kappa shape index (κ1) is 41.5. The lowest BCUT2D eigenvalue weighted by molar-refractivity contribution is -0.218. The molecule has 0 radical (unpaired) electrons. The lowest BCUT2D eigenvalue weighted by Crippen LogP contribution is -2.67. The minimum absolute atomic E-state index is 0.0218. The number of benzene rings is 1. The van der Waals surface area contributed by atoms with Crippen LogP contribution in [0, 0.1) is 50.2 Å². The van der Waals surface area contributed by atoms with Gasteiger partial charge in [-0.05, 0) is 127 Å². The molecule has 10 rings (SSSR count). The van der Waals surface area contributed by atoms with E-state index in [-0.39, 0.29) is 57.7 Å². The molecule has 1 aromatic carbocycles. The van der Waals surface area contributed by atoms with Crippen molar-refractivity contribution in [2.45, 2.75) is 151 Å². The molecule has 4 fully saturated rings. The van der Waals surface area contributed by atoms with E-state index < -0.39 is 29.1 Å². The number of pyridine rings is 2. The van der Waals surface area contributed by atoms with Crippen molar-refractivity contribution in [2.24, 2.45) is 50.2 Å². The molecule has 4 N–H and O–H groups in total. The van der Waals surface area contributed by atoms with Crippen LogP contribution in [0.25, 0.3) is 22.3 Å². The zero-order valence-corrected chi connectivity index (χ0v) is 36.7. The summed E-state index contributed by atoms with van der Waals surface area (Å²) >= 11 is 0. The highest BCUT2D eigenvalue weighted by Gasteiger charge is 2.71. The number of hydrogen-bond acceptors (Lipinski definition) is 8. The van der Waals surface area contributed by atoms with Gasteiger partial charge in [0.15, 0.2) is 5.60 Å². The van der Waals surface area contributed by atoms with Gasteiger partial charge in [0, 0.05) is 16.5 Å². The molecule has 5 aliphatic carbocycles. The van der Waals surface area contributed by atoms with Crippen LogP contribution in [-0.4, -0.2) is 54.1 Å². The summed E-state index contributed by atoms with van der Waals surface area (Å²) in [4.78, 5) is 42.7. The molecule has 0 saturated heterocycles. The molecule has 60 heavy (non-hydrogen) atoms. The van der Waals surface area contributed by atoms with Gasteiger partial charge < -0.3 is 29.7 Å². The monoisotopic (exact) mass is 820 g/mol. The maximum atomic E-state index is 13.0. The Balaban J connectivity index is 0.000000159. The number of hydrogen-bond donors (Lipinski definition) is 4. The van der Waals surface area contributed by atoms with Gasteiger partial charge >= 0.3 is 11.9 Å². The predicted molar refractivity (Wildman–Crippen MR) is 229 cm³/mol. The minimum Gasteiger partial charge on any atom is -0.481 e. The number of carbonyl (C=O) groups is 2. The summed E-state index contributed by atoms with van der Waals surface area (Å²) < 4.78 is 6.72. The van der Waals surface area contributed by atoms with Crippen LogP contribution in [0.4, 0.5) is 0 Å². The van der Waals surface area contributed by atoms with Crippen LogP contribution in [0.3, 0.4) is 0 Å². The molecule has 0 spiro atoms. The van der Waals surface area contributed by atoms with Gasteiger partial charge in [0.05, 0.1) is 41.2 Å². The van der Waals surface area contributed by atoms with E-state index >= 15 is 0 Å². The first-order valence-corrected chi connectivity index (χ1v) is 22.4. The lowest BCUT2D eigenvalue weighted by Gasteiger charge is -2.71. The van der Waals surface area contributed by atoms with Crippen molar-refractivity contribution in [3.05, 3.63) is 75.1 Å². The molecular formula is C50H64N2O8. The largest absolute Gasteiger partial charge is 0.481 e. The zero-order valence-electron chi connectivity index (χ0n) is 36.7. The maximum Gasteiger partial charge on any atom is 0.343 e. The van der Waals surface area contributed by atoms with E-state index in [0.29, 0.717) is 48.0 Å². The minimum atomic E-state index is -1.79. The van der Waals surface area contributed by atoms with Crippen LogP contribution in [0.15, 0.2) is 52.8 Å². The van der Waals surface area contributed by atoms with Gasteiger partial charge in [-0.2, -0.15) is 0 Å². The number of aliphatic hydroxyl groups is 3. The number of aliphatic hydroxyl groups excluding tert-OH is 2. The van der Waals surface area contributed by atoms with Crippen molar-refractivity contribution in [3.63, 3.8) is 0 Å². The molecule has 3 aromatic rings. The Labute approximate surface area is 353 Å². The summed E-state index contributed by atoms with van der Waals surface area (Å²) in [6.07, 6.45) is 9.49. The number of rotatable bonds is 2. The van der Waals surface area contributed by atoms with E-state index in [9.17, 15) is 34.8 Å². The van der Waals surface area contributed by atoms with Gasteiger partial charge in [-0.15, -0.1) is 0 Å². The molecule has 0 bridgehead atoms. The summed E-state index contributed by atoms with van der Waals surface area (Å²) in [5.41, 5.74) is 2.11. The van der Waals surface area contributed by atoms with Gasteiger partial charge in [0.25, 0.3) is 5.56 Å². The Kier molecular flexibility index (Phi) is 9.21. The normalized spacial score (nSPS) is 39.1. The summed E-state index contributed by atoms with van der Waals surface area (Å²) in [5.74, 6) is -0.618. The number of fused-ring (bicyclic) bond motifs is 12. The van der Waals surface area contributed by atoms with Gasteiger partial charge in [-0.3, -0.25) is 9.59 Å². The van der Waals surface area contributed by atoms with Crippen molar-refractivity contribution in [1.29, 1.82) is 0 Å². The van der Waals surface area contributed by atoms with Crippen molar-refractivity contribution in [1.82, 2.24) is 9.55 Å². The molecule has 0 amide bonds. The Morgan fingerprint density at radius 3 is 2.37 bits per heavy atom. The molecule has 10 heteroatoms. The first-order chi connectivity index (χ1) is 28.1. The van der Waals surface area contributed by atoms with Gasteiger partial charge in [0.2, 0.25) is 0 Å². The van der Waals surface area contributed by atoms with Crippen LogP contribution >= 0.6 is 0 Å². The number of aromatic nitrogens is 2. The molecule has 10 atom stereocenters. The van der Waals surface area contributed by atoms with E-state index in [0.717, 1.165) is 67.1 Å². The summed E-state index contributed by atoms with van der Waals surface area (Å²) in [7, 11) is 0. The highest BCUT2D eigenvalue weighted by Crippen LogP contribution is 2.75. The fraction of sp³-hybridized carbons (Fsp3) is 0.640. The van der Waals surface area contributed by atoms with Crippen molar-refractivity contribution in [3.8, 4) is 11.4 Å². The lowest BCUT2D eigenvalue weighted by atomic mass is 9.33. The number of carboxylic acid groups (broad SMARTS) is 1. The summed E-state index contributed by atoms with van der Waals surface area (Å²) in [6.45, 7) is 18.4. The predicted octanol–water partition coefficient (Wildman–Crippen LogP) is 8.28. The fourth-order valence-corrected chi connectivity index (χ4v) is 14.6. The average molecular weight is 821 g/mol. The summed E-state index contributed by atoms with van der Waals surface area (Å²) in [5, 5.41) is 44.9. The zero-order chi connectivity index (χ0) is 43.2. The van der Waals surface area contributed by atoms with Gasteiger partial charge in [-0.1, -0.05) is 85.2 Å². The second kappa shape index (κ2) is 13.3. The number of carboxylic acids is 1. The van der Waals surface area contributed by atoms with E-state index in [2.05, 4.69) is 54.5 Å². The number of ether oxygens (including phenoxy) is 1. The number of esters is 1. The third-order valence-corrected chi connectivity index (χ3v) is 18.5. The van der Waals surface area contributed by atoms with Crippen LogP contribution in [-0.2, 0) is 33.1 Å². The molecule has 322 valence electrons. The number of para-hydroxylation sites is 1. The number of carbonyl (C=O) groups excluding carboxylic acids is 1. The molecule has 4 heterocycles. The van der Waals surface area contributed by atoms with Crippen molar-refractivity contribution in [2.75, 3.05) is 0 Å². The smallest absolute Gasteiger partial charge is 0.343 e. The molecule has 10 nitrogen and oxygen atoms in total. The SMILES string of the molecule is CC1(C)CCC2(C(=O)O)C(O)CC3(C)C(=CCC4C5(C)CCC(O)C(C)(C)C5CCC43C)C2C1.CCC1(O)C(=O)OCc2c1cc1n(c2=O)Cc2cc3ccccc3nc2-1. The Hall–Kier alpha value is -3.86. The number of nitrogens with zero attached hydrogens (tertiary/aromatic N) is 2. The second-order valence-corrected chi connectivity index (χ2v) is 21.9. The molecule has 7 aliphatic rings. The topological polar surface area (TPSA) is 159 Å². The average Bonchev–Trinajstić information content (AvgIpc) is 3.55. The maximum absolute atomic E-state index is 13.0. The highest BCUT2D eigenvalue weighted by molar-refractivity contribution is 5.86. The van der Waals surface area contributed by atoms with E-state index in [4.69, 9.17) is 9.72 Å². The number of aliphatic carboxylic acids is 1. The molecule has 4 saturated carbocycles. The van der Waals surface area contributed by atoms with Crippen molar-refractivity contribution < 1.29 is 34.8 Å². The molecule has 2 aliphatic heterocycles. The van der Waals surface area contributed by atoms with Gasteiger partial charge in [-0.25, -0.2) is 9.78 Å². The quantitative estimate of drug-likeness (QED) is 0.115. The third kappa shape index (κ3) is 5.41.